The topological polar surface area (TPSA) is 96.7 Å². The van der Waals surface area contributed by atoms with E-state index in [1.165, 1.54) is 0 Å². The Morgan fingerprint density at radius 2 is 2.24 bits per heavy atom. The number of nitrogens with zero attached hydrogens (tertiary/aromatic N) is 6. The van der Waals surface area contributed by atoms with E-state index in [0.29, 0.717) is 24.2 Å². The summed E-state index contributed by atoms with van der Waals surface area (Å²) >= 11 is 1.66. The maximum Gasteiger partial charge on any atom is 0.248 e. The average Bonchev–Trinajstić information content (AvgIpc) is 3.16. The summed E-state index contributed by atoms with van der Waals surface area (Å²) in [6, 6.07) is 0. The lowest BCUT2D eigenvalue weighted by Gasteiger charge is -2.35. The second-order valence-corrected chi connectivity index (χ2v) is 5.57. The molecule has 0 saturated carbocycles. The van der Waals surface area contributed by atoms with Crippen LogP contribution < -0.4 is 10.6 Å². The molecule has 2 aromatic heterocycles. The molecule has 112 valence electrons. The molecule has 0 aromatic carbocycles. The number of guanidine groups is 1. The molecule has 0 spiro atoms. The molecule has 0 aliphatic carbocycles. The Hall–Kier alpha value is -2.16. The first kappa shape index (κ1) is 13.8. The molecule has 8 nitrogen and oxygen atoms in total. The van der Waals surface area contributed by atoms with Gasteiger partial charge in [-0.25, -0.2) is 9.98 Å². The van der Waals surface area contributed by atoms with Gasteiger partial charge in [0.05, 0.1) is 0 Å². The van der Waals surface area contributed by atoms with Crippen molar-refractivity contribution in [3.05, 3.63) is 23.3 Å². The molecule has 0 unspecified atom stereocenters. The number of piperazine rings is 1. The Labute approximate surface area is 126 Å². The summed E-state index contributed by atoms with van der Waals surface area (Å²) in [5, 5.41) is 6.77. The van der Waals surface area contributed by atoms with Crippen molar-refractivity contribution in [2.45, 2.75) is 13.5 Å². The van der Waals surface area contributed by atoms with Gasteiger partial charge in [0, 0.05) is 37.8 Å². The highest BCUT2D eigenvalue weighted by atomic mass is 32.1. The van der Waals surface area contributed by atoms with Crippen LogP contribution in [0.3, 0.4) is 0 Å². The van der Waals surface area contributed by atoms with E-state index in [0.717, 1.165) is 31.3 Å². The maximum absolute atomic E-state index is 6.02. The molecule has 0 amide bonds. The minimum atomic E-state index is 0.319. The first-order chi connectivity index (χ1) is 10.2. The molecule has 2 N–H and O–H groups in total. The molecule has 1 saturated heterocycles. The van der Waals surface area contributed by atoms with Crippen molar-refractivity contribution in [1.82, 2.24) is 20.0 Å². The van der Waals surface area contributed by atoms with Gasteiger partial charge in [-0.1, -0.05) is 5.16 Å². The molecule has 9 heteroatoms. The molecule has 1 fully saturated rings. The largest absolute Gasteiger partial charge is 0.370 e. The second-order valence-electron chi connectivity index (χ2n) is 4.70. The van der Waals surface area contributed by atoms with Crippen molar-refractivity contribution in [2.24, 2.45) is 10.7 Å². The standard InChI is InChI=1S/C12H17N7OS/c1-9-16-10(20-17-9)8-15-11(13)18-3-5-19(6-4-18)12-14-2-7-21-12/h2,7H,3-6,8H2,1H3,(H2,13,15). The number of aromatic nitrogens is 3. The van der Waals surface area contributed by atoms with E-state index >= 15 is 0 Å². The zero-order valence-electron chi connectivity index (χ0n) is 11.8. The van der Waals surface area contributed by atoms with E-state index in [-0.39, 0.29) is 0 Å². The SMILES string of the molecule is Cc1noc(CN=C(N)N2CCN(c3nccs3)CC2)n1. The van der Waals surface area contributed by atoms with Crippen LogP contribution in [0.15, 0.2) is 21.1 Å². The van der Waals surface area contributed by atoms with E-state index in [9.17, 15) is 0 Å². The highest BCUT2D eigenvalue weighted by Crippen LogP contribution is 2.18. The van der Waals surface area contributed by atoms with Crippen molar-refractivity contribution >= 4 is 22.4 Å². The molecule has 0 radical (unpaired) electrons. The van der Waals surface area contributed by atoms with Crippen LogP contribution in [0.25, 0.3) is 0 Å². The molecule has 21 heavy (non-hydrogen) atoms. The molecule has 2 aromatic rings. The Kier molecular flexibility index (Phi) is 4.00. The van der Waals surface area contributed by atoms with Crippen molar-refractivity contribution < 1.29 is 4.52 Å². The van der Waals surface area contributed by atoms with Crippen LogP contribution >= 0.6 is 11.3 Å². The van der Waals surface area contributed by atoms with Gasteiger partial charge in [-0.2, -0.15) is 4.98 Å². The first-order valence-electron chi connectivity index (χ1n) is 6.71. The summed E-state index contributed by atoms with van der Waals surface area (Å²) in [4.78, 5) is 17.1. The molecule has 0 atom stereocenters. The van der Waals surface area contributed by atoms with Gasteiger partial charge in [0.25, 0.3) is 0 Å². The van der Waals surface area contributed by atoms with Gasteiger partial charge < -0.3 is 20.1 Å². The fourth-order valence-corrected chi connectivity index (χ4v) is 2.85. The van der Waals surface area contributed by atoms with Gasteiger partial charge in [-0.15, -0.1) is 11.3 Å². The van der Waals surface area contributed by atoms with Crippen LogP contribution in [0.4, 0.5) is 5.13 Å². The number of hydrogen-bond donors (Lipinski definition) is 1. The van der Waals surface area contributed by atoms with Crippen molar-refractivity contribution in [1.29, 1.82) is 0 Å². The summed E-state index contributed by atoms with van der Waals surface area (Å²) in [6.07, 6.45) is 1.83. The molecule has 1 aliphatic rings. The number of anilines is 1. The minimum absolute atomic E-state index is 0.319. The van der Waals surface area contributed by atoms with E-state index in [4.69, 9.17) is 10.3 Å². The van der Waals surface area contributed by atoms with Crippen LogP contribution in [-0.2, 0) is 6.54 Å². The highest BCUT2D eigenvalue weighted by Gasteiger charge is 2.19. The van der Waals surface area contributed by atoms with Crippen LogP contribution in [0, 0.1) is 6.92 Å². The van der Waals surface area contributed by atoms with E-state index in [1.54, 1.807) is 18.3 Å². The van der Waals surface area contributed by atoms with Crippen molar-refractivity contribution in [2.75, 3.05) is 31.1 Å². The predicted molar refractivity (Wildman–Crippen MR) is 80.3 cm³/mol. The quantitative estimate of drug-likeness (QED) is 0.650. The number of aliphatic imine (C=N–C) groups is 1. The Morgan fingerprint density at radius 1 is 1.43 bits per heavy atom. The lowest BCUT2D eigenvalue weighted by Crippen LogP contribution is -2.51. The van der Waals surface area contributed by atoms with Crippen LogP contribution in [0.5, 0.6) is 0 Å². The molecule has 3 heterocycles. The predicted octanol–water partition coefficient (Wildman–Crippen LogP) is 0.471. The second kappa shape index (κ2) is 6.08. The van der Waals surface area contributed by atoms with E-state index in [2.05, 4.69) is 29.9 Å². The summed E-state index contributed by atoms with van der Waals surface area (Å²) in [5.74, 6) is 1.61. The van der Waals surface area contributed by atoms with E-state index in [1.807, 2.05) is 11.6 Å². The molecule has 1 aliphatic heterocycles. The van der Waals surface area contributed by atoms with Crippen molar-refractivity contribution in [3.8, 4) is 0 Å². The maximum atomic E-state index is 6.02. The third kappa shape index (κ3) is 3.30. The third-order valence-corrected chi connectivity index (χ3v) is 4.07. The highest BCUT2D eigenvalue weighted by molar-refractivity contribution is 7.13. The van der Waals surface area contributed by atoms with Gasteiger partial charge >= 0.3 is 0 Å². The molecular formula is C12H17N7OS. The van der Waals surface area contributed by atoms with Gasteiger partial charge in [-0.3, -0.25) is 0 Å². The normalized spacial score (nSPS) is 16.5. The lowest BCUT2D eigenvalue weighted by atomic mass is 10.3. The van der Waals surface area contributed by atoms with Crippen LogP contribution in [0.1, 0.15) is 11.7 Å². The third-order valence-electron chi connectivity index (χ3n) is 3.24. The number of nitrogens with two attached hydrogens (primary N) is 1. The zero-order valence-corrected chi connectivity index (χ0v) is 12.6. The number of aryl methyl sites for hydroxylation is 1. The van der Waals surface area contributed by atoms with Gasteiger partial charge in [0.15, 0.2) is 16.9 Å². The van der Waals surface area contributed by atoms with Crippen LogP contribution in [-0.4, -0.2) is 52.2 Å². The van der Waals surface area contributed by atoms with Crippen LogP contribution in [0.2, 0.25) is 0 Å². The molecule has 0 bridgehead atoms. The van der Waals surface area contributed by atoms with E-state index < -0.39 is 0 Å². The fraction of sp³-hybridized carbons (Fsp3) is 0.500. The zero-order chi connectivity index (χ0) is 14.7. The van der Waals surface area contributed by atoms with Gasteiger partial charge in [-0.05, 0) is 6.92 Å². The van der Waals surface area contributed by atoms with Gasteiger partial charge in [0.2, 0.25) is 5.89 Å². The first-order valence-corrected chi connectivity index (χ1v) is 7.59. The lowest BCUT2D eigenvalue weighted by molar-refractivity contribution is 0.368. The average molecular weight is 307 g/mol. The number of thiazole rings is 1. The molecule has 3 rings (SSSR count). The van der Waals surface area contributed by atoms with Crippen molar-refractivity contribution in [3.63, 3.8) is 0 Å². The summed E-state index contributed by atoms with van der Waals surface area (Å²) in [6.45, 7) is 5.54. The minimum Gasteiger partial charge on any atom is -0.370 e. The Morgan fingerprint density at radius 3 is 2.86 bits per heavy atom. The number of hydrogen-bond acceptors (Lipinski definition) is 7. The Balaban J connectivity index is 1.53. The Bertz CT molecular complexity index is 601. The summed E-state index contributed by atoms with van der Waals surface area (Å²) in [7, 11) is 0. The summed E-state index contributed by atoms with van der Waals surface area (Å²) in [5.41, 5.74) is 6.02. The smallest absolute Gasteiger partial charge is 0.248 e. The number of rotatable bonds is 3. The monoisotopic (exact) mass is 307 g/mol. The molecular weight excluding hydrogens is 290 g/mol. The summed E-state index contributed by atoms with van der Waals surface area (Å²) < 4.78 is 5.01. The fourth-order valence-electron chi connectivity index (χ4n) is 2.15. The van der Waals surface area contributed by atoms with Gasteiger partial charge in [0.1, 0.15) is 6.54 Å².